The van der Waals surface area contributed by atoms with Gasteiger partial charge in [-0.05, 0) is 36.6 Å². The van der Waals surface area contributed by atoms with E-state index < -0.39 is 6.23 Å². The summed E-state index contributed by atoms with van der Waals surface area (Å²) in [6.07, 6.45) is 2.09. The van der Waals surface area contributed by atoms with E-state index in [0.29, 0.717) is 29.5 Å². The number of urea groups is 1. The standard InChI is InChI=1S/C21H30N8O5S/c22-29-28-18(34-23)11-33-14-5-3-4-13(10-14)20(31)25-9-8-24-17(30)7-2-1-6-16-19-15(12-35-16)26-21(32)27-19/h3-5,10,15-16,18-19H,1-2,6-9,11-12,23H2,(H,24,30)(H,25,31)(H2,26,27,32)/t15-,16-,18?,19-/m0/s1. The fourth-order valence-electron chi connectivity index (χ4n) is 3.89. The highest BCUT2D eigenvalue weighted by molar-refractivity contribution is 8.00. The summed E-state index contributed by atoms with van der Waals surface area (Å²) >= 11 is 1.87. The second kappa shape index (κ2) is 13.6. The van der Waals surface area contributed by atoms with Gasteiger partial charge in [-0.2, -0.15) is 11.8 Å². The van der Waals surface area contributed by atoms with Gasteiger partial charge < -0.3 is 26.0 Å². The van der Waals surface area contributed by atoms with E-state index in [9.17, 15) is 14.4 Å². The molecule has 6 N–H and O–H groups in total. The number of thioether (sulfide) groups is 1. The molecule has 1 aromatic carbocycles. The molecule has 0 radical (unpaired) electrons. The van der Waals surface area contributed by atoms with Gasteiger partial charge in [-0.25, -0.2) is 10.7 Å². The van der Waals surface area contributed by atoms with Crippen LogP contribution < -0.4 is 31.9 Å². The molecule has 190 valence electrons. The molecule has 0 saturated carbocycles. The predicted molar refractivity (Wildman–Crippen MR) is 129 cm³/mol. The van der Waals surface area contributed by atoms with Crippen molar-refractivity contribution in [2.24, 2.45) is 11.0 Å². The molecule has 0 bridgehead atoms. The number of carbonyl (C=O) groups excluding carboxylic acids is 3. The Balaban J connectivity index is 1.27. The minimum atomic E-state index is -0.984. The molecule has 1 unspecified atom stereocenters. The van der Waals surface area contributed by atoms with Crippen molar-refractivity contribution in [3.8, 4) is 5.75 Å². The zero-order valence-electron chi connectivity index (χ0n) is 19.1. The van der Waals surface area contributed by atoms with Gasteiger partial charge in [-0.15, -0.1) is 0 Å². The van der Waals surface area contributed by atoms with E-state index in [-0.39, 0.29) is 43.1 Å². The van der Waals surface area contributed by atoms with Crippen LogP contribution in [0.25, 0.3) is 10.4 Å². The van der Waals surface area contributed by atoms with Crippen LogP contribution >= 0.6 is 11.8 Å². The van der Waals surface area contributed by atoms with Crippen LogP contribution in [0.2, 0.25) is 0 Å². The average Bonchev–Trinajstić information content (AvgIpc) is 3.41. The third-order valence-electron chi connectivity index (χ3n) is 5.64. The van der Waals surface area contributed by atoms with Crippen LogP contribution in [0.3, 0.4) is 0 Å². The van der Waals surface area contributed by atoms with E-state index in [0.717, 1.165) is 25.0 Å². The van der Waals surface area contributed by atoms with Gasteiger partial charge in [0, 0.05) is 41.0 Å². The SMILES string of the molecule is [N-]=[N+]=NC(COc1cccc(C(=O)NCCNC(=O)CCCC[C@@H]2SC[C@@H]3NC(=O)N[C@@H]32)c1)ON. The van der Waals surface area contributed by atoms with Crippen LogP contribution in [0.5, 0.6) is 5.75 Å². The van der Waals surface area contributed by atoms with Crippen molar-refractivity contribution in [1.82, 2.24) is 21.3 Å². The van der Waals surface area contributed by atoms with Crippen molar-refractivity contribution in [1.29, 1.82) is 0 Å². The van der Waals surface area contributed by atoms with Crippen molar-refractivity contribution in [2.75, 3.05) is 25.4 Å². The highest BCUT2D eigenvalue weighted by Gasteiger charge is 2.42. The fourth-order valence-corrected chi connectivity index (χ4v) is 5.44. The van der Waals surface area contributed by atoms with Crippen molar-refractivity contribution in [2.45, 2.75) is 49.2 Å². The number of nitrogens with zero attached hydrogens (tertiary/aromatic N) is 3. The molecule has 2 aliphatic rings. The number of hydrogen-bond donors (Lipinski definition) is 5. The number of nitrogens with two attached hydrogens (primary N) is 1. The molecule has 2 saturated heterocycles. The summed E-state index contributed by atoms with van der Waals surface area (Å²) in [4.78, 5) is 42.9. The highest BCUT2D eigenvalue weighted by Crippen LogP contribution is 2.33. The molecule has 13 nitrogen and oxygen atoms in total. The monoisotopic (exact) mass is 506 g/mol. The van der Waals surface area contributed by atoms with Crippen LogP contribution in [0.4, 0.5) is 4.79 Å². The summed E-state index contributed by atoms with van der Waals surface area (Å²) in [5.41, 5.74) is 8.80. The topological polar surface area (TPSA) is 193 Å². The van der Waals surface area contributed by atoms with Gasteiger partial charge in [0.2, 0.25) is 5.91 Å². The van der Waals surface area contributed by atoms with E-state index in [1.807, 2.05) is 11.8 Å². The first-order chi connectivity index (χ1) is 17.0. The molecule has 2 fully saturated rings. The molecule has 2 aliphatic heterocycles. The lowest BCUT2D eigenvalue weighted by molar-refractivity contribution is -0.121. The molecule has 1 aromatic rings. The molecule has 4 amide bonds. The van der Waals surface area contributed by atoms with Crippen LogP contribution in [-0.2, 0) is 9.63 Å². The van der Waals surface area contributed by atoms with E-state index in [1.165, 1.54) is 6.07 Å². The summed E-state index contributed by atoms with van der Waals surface area (Å²) < 4.78 is 5.43. The number of ether oxygens (including phenoxy) is 1. The Labute approximate surface area is 206 Å². The molecule has 14 heteroatoms. The molecule has 2 heterocycles. The second-order valence-corrected chi connectivity index (χ2v) is 9.38. The Morgan fingerprint density at radius 2 is 2.11 bits per heavy atom. The van der Waals surface area contributed by atoms with E-state index in [2.05, 4.69) is 36.1 Å². The van der Waals surface area contributed by atoms with Crippen LogP contribution in [0.15, 0.2) is 29.4 Å². The van der Waals surface area contributed by atoms with Crippen molar-refractivity contribution in [3.05, 3.63) is 40.3 Å². The molecular weight excluding hydrogens is 476 g/mol. The highest BCUT2D eigenvalue weighted by atomic mass is 32.2. The van der Waals surface area contributed by atoms with Crippen LogP contribution in [-0.4, -0.2) is 66.9 Å². The second-order valence-electron chi connectivity index (χ2n) is 8.11. The van der Waals surface area contributed by atoms with Gasteiger partial charge in [0.1, 0.15) is 12.4 Å². The molecule has 0 aromatic heterocycles. The molecular formula is C21H30N8O5S. The average molecular weight is 507 g/mol. The molecule has 0 spiro atoms. The molecule has 4 atom stereocenters. The Hall–Kier alpha value is -3.19. The van der Waals surface area contributed by atoms with Crippen LogP contribution in [0, 0.1) is 0 Å². The van der Waals surface area contributed by atoms with Crippen LogP contribution in [0.1, 0.15) is 36.0 Å². The molecule has 0 aliphatic carbocycles. The lowest BCUT2D eigenvalue weighted by Gasteiger charge is -2.16. The van der Waals surface area contributed by atoms with Gasteiger partial charge in [-0.1, -0.05) is 17.6 Å². The zero-order valence-corrected chi connectivity index (χ0v) is 20.0. The summed E-state index contributed by atoms with van der Waals surface area (Å²) in [6.45, 7) is 0.499. The number of rotatable bonds is 14. The largest absolute Gasteiger partial charge is 0.491 e. The number of hydrogen-bond acceptors (Lipinski definition) is 8. The number of benzene rings is 1. The van der Waals surface area contributed by atoms with Gasteiger partial charge in [0.05, 0.1) is 12.1 Å². The summed E-state index contributed by atoms with van der Waals surface area (Å²) in [7, 11) is 0. The molecule has 35 heavy (non-hydrogen) atoms. The summed E-state index contributed by atoms with van der Waals surface area (Å²) in [6, 6.07) is 6.78. The first kappa shape index (κ1) is 26.4. The number of azide groups is 1. The Morgan fingerprint density at radius 3 is 2.91 bits per heavy atom. The predicted octanol–water partition coefficient (Wildman–Crippen LogP) is 1.16. The van der Waals surface area contributed by atoms with Crippen molar-refractivity contribution >= 4 is 29.6 Å². The maximum Gasteiger partial charge on any atom is 0.315 e. The zero-order chi connectivity index (χ0) is 25.0. The summed E-state index contributed by atoms with van der Waals surface area (Å²) in [5.74, 6) is 5.97. The number of amides is 4. The van der Waals surface area contributed by atoms with Crippen molar-refractivity contribution in [3.63, 3.8) is 0 Å². The third-order valence-corrected chi connectivity index (χ3v) is 7.15. The first-order valence-corrected chi connectivity index (χ1v) is 12.4. The Morgan fingerprint density at radius 1 is 1.29 bits per heavy atom. The quantitative estimate of drug-likeness (QED) is 0.0624. The third kappa shape index (κ3) is 8.21. The van der Waals surface area contributed by atoms with Crippen molar-refractivity contribution < 1.29 is 24.0 Å². The lowest BCUT2D eigenvalue weighted by atomic mass is 10.0. The number of fused-ring (bicyclic) bond motifs is 1. The Bertz CT molecular complexity index is 944. The Kier molecular flexibility index (Phi) is 10.3. The normalized spacial score (nSPS) is 21.2. The van der Waals surface area contributed by atoms with E-state index in [4.69, 9.17) is 16.2 Å². The minimum absolute atomic E-state index is 0.0564. The maximum absolute atomic E-state index is 12.4. The number of carbonyl (C=O) groups is 3. The van der Waals surface area contributed by atoms with Gasteiger partial charge in [0.25, 0.3) is 5.91 Å². The van der Waals surface area contributed by atoms with Gasteiger partial charge >= 0.3 is 6.03 Å². The fraction of sp³-hybridized carbons (Fsp3) is 0.571. The molecule has 3 rings (SSSR count). The smallest absolute Gasteiger partial charge is 0.315 e. The number of unbranched alkanes of at least 4 members (excludes halogenated alkanes) is 1. The number of nitrogens with one attached hydrogen (secondary N) is 4. The van der Waals surface area contributed by atoms with E-state index in [1.54, 1.807) is 18.2 Å². The van der Waals surface area contributed by atoms with Gasteiger partial charge in [-0.3, -0.25) is 14.4 Å². The van der Waals surface area contributed by atoms with E-state index >= 15 is 0 Å². The first-order valence-electron chi connectivity index (χ1n) is 11.4. The maximum atomic E-state index is 12.4. The summed E-state index contributed by atoms with van der Waals surface area (Å²) in [5, 5.41) is 15.2. The lowest BCUT2D eigenvalue weighted by Crippen LogP contribution is -2.36. The van der Waals surface area contributed by atoms with Gasteiger partial charge in [0.15, 0.2) is 6.23 Å². The minimum Gasteiger partial charge on any atom is -0.491 e.